The Morgan fingerprint density at radius 3 is 2.32 bits per heavy atom. The predicted octanol–water partition coefficient (Wildman–Crippen LogP) is 3.06. The summed E-state index contributed by atoms with van der Waals surface area (Å²) in [6.45, 7) is 4.40. The molecule has 0 heterocycles. The van der Waals surface area contributed by atoms with E-state index in [2.05, 4.69) is 31.3 Å². The van der Waals surface area contributed by atoms with Gasteiger partial charge in [0.2, 0.25) is 6.41 Å². The number of carbonyl (C=O) groups is 2. The molecule has 1 amide bonds. The second-order valence-corrected chi connectivity index (χ2v) is 6.05. The molecule has 0 bridgehead atoms. The average molecular weight is 373 g/mol. The lowest BCUT2D eigenvalue weighted by Crippen LogP contribution is -2.29. The molecular formula is C16H25BrN2O3. The van der Waals surface area contributed by atoms with E-state index in [-0.39, 0.29) is 11.9 Å². The van der Waals surface area contributed by atoms with Crippen LogP contribution in [0.1, 0.15) is 20.3 Å². The van der Waals surface area contributed by atoms with Crippen LogP contribution >= 0.6 is 15.9 Å². The summed E-state index contributed by atoms with van der Waals surface area (Å²) in [7, 11) is 3.26. The molecule has 0 aliphatic heterocycles. The van der Waals surface area contributed by atoms with Crippen molar-refractivity contribution in [3.63, 3.8) is 0 Å². The zero-order valence-corrected chi connectivity index (χ0v) is 15.1. The molecule has 0 saturated carbocycles. The maximum Gasteiger partial charge on any atom is 0.310 e. The van der Waals surface area contributed by atoms with Crippen LogP contribution in [0.25, 0.3) is 0 Å². The molecule has 2 N–H and O–H groups in total. The van der Waals surface area contributed by atoms with Crippen LogP contribution in [0.15, 0.2) is 28.7 Å². The van der Waals surface area contributed by atoms with E-state index in [9.17, 15) is 9.59 Å². The van der Waals surface area contributed by atoms with Gasteiger partial charge in [-0.3, -0.25) is 9.59 Å². The van der Waals surface area contributed by atoms with E-state index in [1.807, 2.05) is 45.2 Å². The number of amides is 1. The predicted molar refractivity (Wildman–Crippen MR) is 92.7 cm³/mol. The highest BCUT2D eigenvalue weighted by Gasteiger charge is 2.19. The van der Waals surface area contributed by atoms with Gasteiger partial charge in [0.1, 0.15) is 0 Å². The molecule has 0 aliphatic carbocycles. The molecule has 1 aromatic carbocycles. The van der Waals surface area contributed by atoms with E-state index in [4.69, 9.17) is 0 Å². The number of anilines is 1. The Bertz CT molecular complexity index is 436. The first-order valence-corrected chi connectivity index (χ1v) is 7.92. The molecule has 0 spiro atoms. The smallest absolute Gasteiger partial charge is 0.310 e. The molecule has 0 fully saturated rings. The Morgan fingerprint density at radius 1 is 1.32 bits per heavy atom. The van der Waals surface area contributed by atoms with Crippen LogP contribution in [0.3, 0.4) is 0 Å². The normalized spacial score (nSPS) is 11.0. The summed E-state index contributed by atoms with van der Waals surface area (Å²) in [5, 5.41) is 5.52. The second kappa shape index (κ2) is 12.0. The minimum Gasteiger partial charge on any atom is -0.469 e. The number of ether oxygens (including phenoxy) is 1. The van der Waals surface area contributed by atoms with Gasteiger partial charge >= 0.3 is 5.97 Å². The highest BCUT2D eigenvalue weighted by atomic mass is 79.9. The van der Waals surface area contributed by atoms with Gasteiger partial charge in [0.25, 0.3) is 0 Å². The van der Waals surface area contributed by atoms with E-state index in [1.165, 1.54) is 7.11 Å². The van der Waals surface area contributed by atoms with Crippen molar-refractivity contribution < 1.29 is 14.3 Å². The summed E-state index contributed by atoms with van der Waals surface area (Å²) >= 11 is 3.35. The van der Waals surface area contributed by atoms with Crippen molar-refractivity contribution in [1.29, 1.82) is 0 Å². The minimum atomic E-state index is -0.261. The highest BCUT2D eigenvalue weighted by molar-refractivity contribution is 9.10. The van der Waals surface area contributed by atoms with Gasteiger partial charge in [-0.25, -0.2) is 0 Å². The minimum absolute atomic E-state index is 0.227. The zero-order valence-electron chi connectivity index (χ0n) is 13.6. The quantitative estimate of drug-likeness (QED) is 0.570. The Labute approximate surface area is 140 Å². The number of nitrogens with one attached hydrogen (secondary N) is 2. The summed E-state index contributed by atoms with van der Waals surface area (Å²) in [5.74, 6) is -0.0733. The molecule has 1 atom stereocenters. The van der Waals surface area contributed by atoms with Crippen LogP contribution in [0.4, 0.5) is 5.69 Å². The number of methoxy groups -OCH3 is 1. The van der Waals surface area contributed by atoms with E-state index < -0.39 is 0 Å². The Balaban J connectivity index is 0.000000425. The second-order valence-electron chi connectivity index (χ2n) is 5.13. The van der Waals surface area contributed by atoms with Gasteiger partial charge in [0, 0.05) is 23.8 Å². The van der Waals surface area contributed by atoms with Gasteiger partial charge in [0.05, 0.1) is 13.0 Å². The lowest BCUT2D eigenvalue weighted by Gasteiger charge is -2.15. The summed E-state index contributed by atoms with van der Waals surface area (Å²) in [6, 6.07) is 8.05. The van der Waals surface area contributed by atoms with Gasteiger partial charge < -0.3 is 15.4 Å². The molecule has 0 radical (unpaired) electrons. The number of hydrogen-bond donors (Lipinski definition) is 2. The fourth-order valence-corrected chi connectivity index (χ4v) is 2.07. The number of hydrogen-bond acceptors (Lipinski definition) is 4. The lowest BCUT2D eigenvalue weighted by atomic mass is 9.97. The van der Waals surface area contributed by atoms with Gasteiger partial charge in [-0.15, -0.1) is 0 Å². The third-order valence-electron chi connectivity index (χ3n) is 2.87. The van der Waals surface area contributed by atoms with Crippen molar-refractivity contribution in [2.24, 2.45) is 11.8 Å². The Morgan fingerprint density at radius 2 is 1.91 bits per heavy atom. The van der Waals surface area contributed by atoms with Crippen LogP contribution in [0.2, 0.25) is 0 Å². The lowest BCUT2D eigenvalue weighted by molar-refractivity contribution is -0.145. The first kappa shape index (κ1) is 20.4. The Kier molecular flexibility index (Phi) is 11.2. The number of benzene rings is 1. The van der Waals surface area contributed by atoms with Crippen LogP contribution in [0, 0.1) is 11.8 Å². The number of halogens is 1. The SMILES string of the molecule is CNc1ccc(Br)cc1.COC(=O)C(CNC=O)CC(C)C. The maximum atomic E-state index is 11.2. The summed E-state index contributed by atoms with van der Waals surface area (Å²) in [6.07, 6.45) is 1.32. The molecule has 22 heavy (non-hydrogen) atoms. The molecule has 6 heteroatoms. The summed E-state index contributed by atoms with van der Waals surface area (Å²) in [5.41, 5.74) is 1.14. The van der Waals surface area contributed by atoms with E-state index in [0.717, 1.165) is 16.6 Å². The summed E-state index contributed by atoms with van der Waals surface area (Å²) < 4.78 is 5.73. The molecule has 0 aliphatic rings. The van der Waals surface area contributed by atoms with Crippen LogP contribution in [0.5, 0.6) is 0 Å². The van der Waals surface area contributed by atoms with Crippen LogP contribution in [-0.4, -0.2) is 33.1 Å². The fourth-order valence-electron chi connectivity index (χ4n) is 1.81. The van der Waals surface area contributed by atoms with E-state index >= 15 is 0 Å². The summed E-state index contributed by atoms with van der Waals surface area (Å²) in [4.78, 5) is 21.2. The van der Waals surface area contributed by atoms with Crippen molar-refractivity contribution in [2.45, 2.75) is 20.3 Å². The van der Waals surface area contributed by atoms with Crippen molar-refractivity contribution in [3.05, 3.63) is 28.7 Å². The van der Waals surface area contributed by atoms with Gasteiger partial charge in [-0.2, -0.15) is 0 Å². The molecule has 0 aromatic heterocycles. The third-order valence-corrected chi connectivity index (χ3v) is 3.40. The largest absolute Gasteiger partial charge is 0.469 e. The molecule has 5 nitrogen and oxygen atoms in total. The molecule has 1 rings (SSSR count). The van der Waals surface area contributed by atoms with Gasteiger partial charge in [-0.1, -0.05) is 29.8 Å². The molecule has 1 unspecified atom stereocenters. The number of carbonyl (C=O) groups excluding carboxylic acids is 2. The zero-order chi connectivity index (χ0) is 17.0. The standard InChI is InChI=1S/C9H17NO3.C7H8BrN/c1-7(2)4-8(5-10-6-11)9(12)13-3;1-9-7-4-2-6(8)3-5-7/h6-8H,4-5H2,1-3H3,(H,10,11);2-5,9H,1H3. The van der Waals surface area contributed by atoms with Crippen molar-refractivity contribution >= 4 is 34.0 Å². The van der Waals surface area contributed by atoms with Crippen LogP contribution in [-0.2, 0) is 14.3 Å². The Hall–Kier alpha value is -1.56. The van der Waals surface area contributed by atoms with Gasteiger partial charge in [-0.05, 0) is 36.6 Å². The number of esters is 1. The molecule has 1 aromatic rings. The first-order chi connectivity index (χ1) is 10.4. The van der Waals surface area contributed by atoms with Crippen molar-refractivity contribution in [2.75, 3.05) is 26.0 Å². The first-order valence-electron chi connectivity index (χ1n) is 7.12. The van der Waals surface area contributed by atoms with E-state index in [1.54, 1.807) is 0 Å². The molecular weight excluding hydrogens is 348 g/mol. The fraction of sp³-hybridized carbons (Fsp3) is 0.500. The topological polar surface area (TPSA) is 67.4 Å². The maximum absolute atomic E-state index is 11.2. The molecule has 124 valence electrons. The van der Waals surface area contributed by atoms with Crippen LogP contribution < -0.4 is 10.6 Å². The van der Waals surface area contributed by atoms with Crippen molar-refractivity contribution in [1.82, 2.24) is 5.32 Å². The van der Waals surface area contributed by atoms with E-state index in [0.29, 0.717) is 18.9 Å². The average Bonchev–Trinajstić information content (AvgIpc) is 2.51. The monoisotopic (exact) mass is 372 g/mol. The number of rotatable bonds is 7. The van der Waals surface area contributed by atoms with Gasteiger partial charge in [0.15, 0.2) is 0 Å². The van der Waals surface area contributed by atoms with Crippen molar-refractivity contribution in [3.8, 4) is 0 Å². The third kappa shape index (κ3) is 9.39. The highest BCUT2D eigenvalue weighted by Crippen LogP contribution is 2.13. The molecule has 0 saturated heterocycles.